The maximum absolute atomic E-state index is 5.64. The molecule has 3 heteroatoms. The second-order valence-corrected chi connectivity index (χ2v) is 7.74. The minimum atomic E-state index is 0.349. The van der Waals surface area contributed by atoms with E-state index in [1.54, 1.807) is 0 Å². The van der Waals surface area contributed by atoms with Crippen molar-refractivity contribution in [3.05, 3.63) is 0 Å². The van der Waals surface area contributed by atoms with Crippen LogP contribution in [-0.4, -0.2) is 48.8 Å². The number of piperazine rings is 1. The first-order chi connectivity index (χ1) is 10.2. The lowest BCUT2D eigenvalue weighted by Crippen LogP contribution is -2.70. The van der Waals surface area contributed by atoms with Crippen LogP contribution in [0, 0.1) is 5.92 Å². The minimum absolute atomic E-state index is 0.349. The van der Waals surface area contributed by atoms with E-state index in [0.717, 1.165) is 19.1 Å². The number of hydrogen-bond donors (Lipinski definition) is 1. The second-order valence-electron chi connectivity index (χ2n) is 7.74. The van der Waals surface area contributed by atoms with Crippen molar-refractivity contribution in [3.63, 3.8) is 0 Å². The quantitative estimate of drug-likeness (QED) is 0.862. The molecule has 0 aromatic carbocycles. The van der Waals surface area contributed by atoms with Crippen molar-refractivity contribution in [2.75, 3.05) is 32.8 Å². The molecule has 0 radical (unpaired) electrons. The summed E-state index contributed by atoms with van der Waals surface area (Å²) < 4.78 is 5.64. The van der Waals surface area contributed by atoms with Crippen molar-refractivity contribution >= 4 is 0 Å². The van der Waals surface area contributed by atoms with E-state index < -0.39 is 0 Å². The van der Waals surface area contributed by atoms with Gasteiger partial charge in [0.25, 0.3) is 0 Å². The Kier molecular flexibility index (Phi) is 4.92. The van der Waals surface area contributed by atoms with Crippen LogP contribution >= 0.6 is 0 Å². The average Bonchev–Trinajstić information content (AvgIpc) is 3.04. The molecule has 1 spiro atoms. The Labute approximate surface area is 130 Å². The lowest BCUT2D eigenvalue weighted by molar-refractivity contribution is -0.0314. The summed E-state index contributed by atoms with van der Waals surface area (Å²) >= 11 is 0. The van der Waals surface area contributed by atoms with Crippen LogP contribution in [0.25, 0.3) is 0 Å². The van der Waals surface area contributed by atoms with Crippen LogP contribution in [0.2, 0.25) is 0 Å². The Bertz CT molecular complexity index is 328. The van der Waals surface area contributed by atoms with Crippen LogP contribution in [0.15, 0.2) is 0 Å². The summed E-state index contributed by atoms with van der Waals surface area (Å²) in [7, 11) is 0. The van der Waals surface area contributed by atoms with Crippen molar-refractivity contribution in [2.45, 2.75) is 76.3 Å². The fourth-order valence-electron chi connectivity index (χ4n) is 4.78. The van der Waals surface area contributed by atoms with E-state index in [9.17, 15) is 0 Å². The fourth-order valence-corrected chi connectivity index (χ4v) is 4.78. The molecule has 0 amide bonds. The third kappa shape index (κ3) is 3.16. The predicted octanol–water partition coefficient (Wildman–Crippen LogP) is 3.19. The zero-order chi connectivity index (χ0) is 14.8. The maximum atomic E-state index is 5.64. The largest absolute Gasteiger partial charge is 0.381 e. The summed E-state index contributed by atoms with van der Waals surface area (Å²) in [6.07, 6.45) is 10.8. The second kappa shape index (κ2) is 6.55. The van der Waals surface area contributed by atoms with Crippen LogP contribution in [0.3, 0.4) is 0 Å². The highest BCUT2D eigenvalue weighted by atomic mass is 16.5. The Hall–Kier alpha value is -0.120. The Morgan fingerprint density at radius 2 is 1.90 bits per heavy atom. The zero-order valence-electron chi connectivity index (χ0n) is 14.1. The molecule has 3 aliphatic rings. The Balaban J connectivity index is 1.75. The molecule has 1 atom stereocenters. The van der Waals surface area contributed by atoms with Gasteiger partial charge in [-0.25, -0.2) is 0 Å². The molecule has 1 N–H and O–H groups in total. The average molecular weight is 294 g/mol. The molecule has 2 heterocycles. The predicted molar refractivity (Wildman–Crippen MR) is 87.6 cm³/mol. The molecular formula is C18H34N2O. The standard InChI is InChI=1S/C18H34N2O/c1-3-17(4-2)15-20(12-16-8-11-21-13-16)18(14-19-17)9-6-5-7-10-18/h16,19H,3-15H2,1-2H3. The van der Waals surface area contributed by atoms with Crippen molar-refractivity contribution in [1.29, 1.82) is 0 Å². The molecule has 0 bridgehead atoms. The van der Waals surface area contributed by atoms with Crippen molar-refractivity contribution in [1.82, 2.24) is 10.2 Å². The molecule has 1 unspecified atom stereocenters. The number of ether oxygens (including phenoxy) is 1. The molecule has 2 aliphatic heterocycles. The molecule has 0 aromatic rings. The van der Waals surface area contributed by atoms with Gasteiger partial charge in [0.1, 0.15) is 0 Å². The van der Waals surface area contributed by atoms with Gasteiger partial charge in [0.15, 0.2) is 0 Å². The van der Waals surface area contributed by atoms with Gasteiger partial charge in [-0.3, -0.25) is 4.90 Å². The minimum Gasteiger partial charge on any atom is -0.381 e. The molecule has 3 fully saturated rings. The molecule has 3 nitrogen and oxygen atoms in total. The van der Waals surface area contributed by atoms with Gasteiger partial charge in [-0.05, 0) is 38.0 Å². The van der Waals surface area contributed by atoms with Crippen LogP contribution in [0.1, 0.15) is 65.2 Å². The van der Waals surface area contributed by atoms with E-state index in [1.165, 1.54) is 71.0 Å². The molecule has 21 heavy (non-hydrogen) atoms. The van der Waals surface area contributed by atoms with Crippen LogP contribution in [-0.2, 0) is 4.74 Å². The van der Waals surface area contributed by atoms with Crippen molar-refractivity contribution in [3.8, 4) is 0 Å². The number of nitrogens with zero attached hydrogens (tertiary/aromatic N) is 1. The van der Waals surface area contributed by atoms with Crippen LogP contribution < -0.4 is 5.32 Å². The summed E-state index contributed by atoms with van der Waals surface area (Å²) in [5.74, 6) is 0.772. The first kappa shape index (κ1) is 15.8. The maximum Gasteiger partial charge on any atom is 0.0507 e. The fraction of sp³-hybridized carbons (Fsp3) is 1.00. The summed E-state index contributed by atoms with van der Waals surface area (Å²) in [5.41, 5.74) is 0.802. The highest BCUT2D eigenvalue weighted by Gasteiger charge is 2.46. The Morgan fingerprint density at radius 1 is 1.14 bits per heavy atom. The highest BCUT2D eigenvalue weighted by molar-refractivity contribution is 5.06. The SMILES string of the molecule is CCC1(CC)CN(CC2CCOC2)C2(CCCCC2)CN1. The first-order valence-corrected chi connectivity index (χ1v) is 9.30. The summed E-state index contributed by atoms with van der Waals surface area (Å²) in [6.45, 7) is 10.4. The van der Waals surface area contributed by atoms with E-state index in [0.29, 0.717) is 11.1 Å². The molecular weight excluding hydrogens is 260 g/mol. The lowest BCUT2D eigenvalue weighted by Gasteiger charge is -2.56. The normalized spacial score (nSPS) is 32.6. The van der Waals surface area contributed by atoms with Crippen LogP contribution in [0.4, 0.5) is 0 Å². The van der Waals surface area contributed by atoms with E-state index in [4.69, 9.17) is 4.74 Å². The summed E-state index contributed by atoms with van der Waals surface area (Å²) in [5, 5.41) is 3.97. The summed E-state index contributed by atoms with van der Waals surface area (Å²) in [4.78, 5) is 2.90. The number of rotatable bonds is 4. The lowest BCUT2D eigenvalue weighted by atomic mass is 9.75. The van der Waals surface area contributed by atoms with E-state index in [2.05, 4.69) is 24.1 Å². The van der Waals surface area contributed by atoms with Crippen LogP contribution in [0.5, 0.6) is 0 Å². The molecule has 1 saturated carbocycles. The van der Waals surface area contributed by atoms with Crippen molar-refractivity contribution < 1.29 is 4.74 Å². The van der Waals surface area contributed by atoms with Gasteiger partial charge < -0.3 is 10.1 Å². The van der Waals surface area contributed by atoms with Gasteiger partial charge in [-0.15, -0.1) is 0 Å². The van der Waals surface area contributed by atoms with Gasteiger partial charge in [-0.1, -0.05) is 33.1 Å². The smallest absolute Gasteiger partial charge is 0.0507 e. The number of hydrogen-bond acceptors (Lipinski definition) is 3. The molecule has 2 saturated heterocycles. The van der Waals surface area contributed by atoms with E-state index >= 15 is 0 Å². The zero-order valence-corrected chi connectivity index (χ0v) is 14.1. The van der Waals surface area contributed by atoms with Crippen molar-refractivity contribution in [2.24, 2.45) is 5.92 Å². The van der Waals surface area contributed by atoms with E-state index in [-0.39, 0.29) is 0 Å². The van der Waals surface area contributed by atoms with Gasteiger partial charge in [0.2, 0.25) is 0 Å². The van der Waals surface area contributed by atoms with Gasteiger partial charge in [-0.2, -0.15) is 0 Å². The van der Waals surface area contributed by atoms with Gasteiger partial charge >= 0.3 is 0 Å². The third-order valence-electron chi connectivity index (χ3n) is 6.60. The van der Waals surface area contributed by atoms with Gasteiger partial charge in [0.05, 0.1) is 6.61 Å². The Morgan fingerprint density at radius 3 is 2.52 bits per heavy atom. The molecule has 0 aromatic heterocycles. The number of nitrogens with one attached hydrogen (secondary N) is 1. The topological polar surface area (TPSA) is 24.5 Å². The molecule has 3 rings (SSSR count). The summed E-state index contributed by atoms with van der Waals surface area (Å²) in [6, 6.07) is 0. The first-order valence-electron chi connectivity index (χ1n) is 9.30. The van der Waals surface area contributed by atoms with E-state index in [1.807, 2.05) is 0 Å². The monoisotopic (exact) mass is 294 g/mol. The van der Waals surface area contributed by atoms with Gasteiger partial charge in [0, 0.05) is 37.3 Å². The molecule has 1 aliphatic carbocycles. The molecule has 122 valence electrons. The highest BCUT2D eigenvalue weighted by Crippen LogP contribution is 2.39. The third-order valence-corrected chi connectivity index (χ3v) is 6.60.